The second kappa shape index (κ2) is 28.1. The van der Waals surface area contributed by atoms with Crippen molar-refractivity contribution in [1.82, 2.24) is 28.2 Å². The average Bonchev–Trinajstić information content (AvgIpc) is 1.53. The molecule has 6 aromatic heterocycles. The number of benzene rings is 14. The van der Waals surface area contributed by atoms with Crippen molar-refractivity contribution in [2.24, 2.45) is 21.7 Å². The molecule has 4 aliphatic rings. The van der Waals surface area contributed by atoms with Crippen LogP contribution in [0.2, 0.25) is 0 Å². The molecule has 0 saturated heterocycles. The summed E-state index contributed by atoms with van der Waals surface area (Å²) in [7, 11) is 0. The predicted molar refractivity (Wildman–Crippen MR) is 561 cm³/mol. The Hall–Kier alpha value is -10.9. The van der Waals surface area contributed by atoms with E-state index in [0.717, 1.165) is 158 Å². The van der Waals surface area contributed by atoms with Gasteiger partial charge >= 0.3 is 20.1 Å². The molecule has 0 radical (unpaired) electrons. The summed E-state index contributed by atoms with van der Waals surface area (Å²) < 4.78 is 9.52. The van der Waals surface area contributed by atoms with Gasteiger partial charge in [-0.15, -0.1) is 70.8 Å². The van der Waals surface area contributed by atoms with Crippen LogP contribution in [0, 0.1) is 39.9 Å². The van der Waals surface area contributed by atoms with Gasteiger partial charge in [0.1, 0.15) is 0 Å². The van der Waals surface area contributed by atoms with E-state index in [2.05, 4.69) is 478 Å². The van der Waals surface area contributed by atoms with Crippen LogP contribution in [-0.4, -0.2) is 28.2 Å². The van der Waals surface area contributed by atoms with Crippen molar-refractivity contribution in [1.29, 1.82) is 0 Å². The third-order valence-corrected chi connectivity index (χ3v) is 39.5. The van der Waals surface area contributed by atoms with Crippen LogP contribution < -0.4 is 0 Å². The van der Waals surface area contributed by atoms with Gasteiger partial charge in [-0.25, -0.2) is 0 Å². The van der Waals surface area contributed by atoms with Crippen LogP contribution in [0.5, 0.6) is 0 Å². The van der Waals surface area contributed by atoms with Gasteiger partial charge < -0.3 is 13.2 Å². The van der Waals surface area contributed by atoms with Crippen LogP contribution in [0.3, 0.4) is 0 Å². The van der Waals surface area contributed by atoms with Crippen LogP contribution in [0.15, 0.2) is 258 Å². The van der Waals surface area contributed by atoms with Gasteiger partial charge in [0, 0.05) is 25.5 Å². The van der Waals surface area contributed by atoms with Gasteiger partial charge in [0.2, 0.25) is 0 Å². The second-order valence-corrected chi connectivity index (χ2v) is 47.0. The number of hydrogen-bond acceptors (Lipinski definition) is 3. The molecule has 658 valence electrons. The molecule has 4 aliphatic carbocycles. The number of nitrogens with zero attached hydrogens (tertiary/aromatic N) is 6. The third-order valence-electron chi connectivity index (χ3n) is 37.7. The second-order valence-electron chi connectivity index (χ2n) is 45.3. The predicted octanol–water partition coefficient (Wildman–Crippen LogP) is 34.0. The maximum atomic E-state index is 5.45. The quantitative estimate of drug-likeness (QED) is 0.123. The van der Waals surface area contributed by atoms with E-state index in [-0.39, 0.29) is 85.1 Å². The van der Waals surface area contributed by atoms with Gasteiger partial charge in [0.25, 0.3) is 0 Å². The average molecular weight is 2030 g/mol. The zero-order chi connectivity index (χ0) is 91.8. The van der Waals surface area contributed by atoms with Crippen LogP contribution >= 0.6 is 31.9 Å². The molecular formula is C123H113Br2IrN6. The van der Waals surface area contributed by atoms with Gasteiger partial charge in [-0.2, -0.15) is 0 Å². The molecule has 9 heteroatoms. The van der Waals surface area contributed by atoms with E-state index >= 15 is 0 Å². The van der Waals surface area contributed by atoms with E-state index in [1.54, 1.807) is 0 Å². The van der Waals surface area contributed by atoms with Crippen molar-refractivity contribution in [2.45, 2.75) is 209 Å². The molecule has 14 aromatic carbocycles. The smallest absolute Gasteiger partial charge is 0.333 e. The van der Waals surface area contributed by atoms with Crippen molar-refractivity contribution >= 4 is 147 Å². The minimum absolute atomic E-state index is 0. The first-order valence-corrected chi connectivity index (χ1v) is 48.6. The van der Waals surface area contributed by atoms with E-state index in [1.165, 1.54) is 77.2 Å². The Morgan fingerprint density at radius 2 is 0.424 bits per heavy atom. The Balaban J connectivity index is 0.000000509. The minimum atomic E-state index is -0.112. The number of pyridine rings is 3. The van der Waals surface area contributed by atoms with Gasteiger partial charge in [-0.1, -0.05) is 343 Å². The van der Waals surface area contributed by atoms with Crippen molar-refractivity contribution < 1.29 is 20.1 Å². The molecule has 0 unspecified atom stereocenters. The number of para-hydroxylation sites is 6. The molecule has 0 aliphatic heterocycles. The summed E-state index contributed by atoms with van der Waals surface area (Å²) in [6, 6.07) is 106. The molecule has 0 fully saturated rings. The first-order valence-electron chi connectivity index (χ1n) is 47.0. The Bertz CT molecular complexity index is 7740. The molecule has 6 nitrogen and oxygen atoms in total. The van der Waals surface area contributed by atoms with Gasteiger partial charge in [-0.3, -0.25) is 15.0 Å². The van der Waals surface area contributed by atoms with Crippen molar-refractivity contribution in [3.05, 3.63) is 320 Å². The Morgan fingerprint density at radius 1 is 0.220 bits per heavy atom. The molecular weight excluding hydrogens is 1910 g/mol. The Kier molecular flexibility index (Phi) is 18.4. The topological polar surface area (TPSA) is 51.9 Å². The molecule has 132 heavy (non-hydrogen) atoms. The Labute approximate surface area is 806 Å². The number of aromatic nitrogens is 6. The van der Waals surface area contributed by atoms with E-state index in [4.69, 9.17) is 15.0 Å². The van der Waals surface area contributed by atoms with E-state index in [9.17, 15) is 0 Å². The number of fused-ring (bicyclic) bond motifs is 28. The number of hydrogen-bond donors (Lipinski definition) is 0. The maximum absolute atomic E-state index is 5.45. The van der Waals surface area contributed by atoms with E-state index < -0.39 is 0 Å². The first-order chi connectivity index (χ1) is 61.9. The summed E-state index contributed by atoms with van der Waals surface area (Å²) in [4.78, 5) is 16.4. The summed E-state index contributed by atoms with van der Waals surface area (Å²) in [5.74, 6) is 0. The van der Waals surface area contributed by atoms with Crippen molar-refractivity contribution in [3.8, 4) is 66.8 Å². The van der Waals surface area contributed by atoms with Crippen LogP contribution in [-0.2, 0) is 63.4 Å². The van der Waals surface area contributed by atoms with E-state index in [1.807, 2.05) is 0 Å². The largest absolute Gasteiger partial charge is 3.00 e. The molecule has 0 amide bonds. The number of rotatable bonds is 6. The number of imidazole rings is 3. The molecule has 0 saturated carbocycles. The summed E-state index contributed by atoms with van der Waals surface area (Å²) in [6.45, 7) is 58.4. The molecule has 20 aromatic rings. The summed E-state index contributed by atoms with van der Waals surface area (Å²) >= 11 is 7.26. The van der Waals surface area contributed by atoms with Crippen molar-refractivity contribution in [2.75, 3.05) is 0 Å². The first kappa shape index (κ1) is 86.5. The molecule has 0 atom stereocenters. The molecule has 6 heterocycles. The van der Waals surface area contributed by atoms with Crippen molar-refractivity contribution in [3.63, 3.8) is 0 Å². The van der Waals surface area contributed by atoms with E-state index in [0.29, 0.717) is 0 Å². The summed E-state index contributed by atoms with van der Waals surface area (Å²) in [6.07, 6.45) is 0. The minimum Gasteiger partial charge on any atom is -0.333 e. The molecule has 0 bridgehead atoms. The fraction of sp³-hybridized carbons (Fsp3) is 0.293. The SMILES string of the molecule is CC1(C)c2cc(Br)c(Br)cc2C(C)(C)C1(C)C.CC1(C)c2cc3c4cc(-c5ccccc5-c5cc(-c6ccccc6-c6c[c-]c7c(c6)c6cc8c(cc6n6c9ccccc9nc76)C(C)(C)C(C)(C)C8(C)C)cc(-c6ccccc6-c6c[c-]c7c(c6)c6cc8c(cc6n6c9ccccc9nc76)C(C)(C)C(C)(C)C8(C)C)c5)c[c-]c4c4nc5ccccc5n4c3cc2C(C)(C)C1(C)C.[Ir+3]. The zero-order valence-electron chi connectivity index (χ0n) is 80.4. The standard InChI is InChI=1S/C108H93N6.C15H20Br2.Ir/c1-100(2)82-55-79-76-52-61(43-46-73(76)97-109-88-37-25-28-40-91(88)112(97)94(79)58-85(82)103(7,8)106(100,13)14)67-31-19-22-34-70(67)64-49-65(71-35-23-20-32-68(71)62-44-47-74-77(53-62)80-56-83-86(104(9,10)107(15,16)101(83,3)4)59-95(80)113-92-41-29-26-38-89(92)110-98(74)113)51-66(50-64)72-36-24-21-33-69(72)63-45-48-75-78(54-63)81-57-84-87(105(11,12)108(17,18)102(84,5)6)60-96(81)114-93-42-30-27-39-90(93)111-99(75)114;1-13(2)9-7-11(16)12(17)8-10(9)14(3,4)15(13,5)6;/h19-45,49-60H,1-18H3;7-8H,1-6H3;/q-3;;+3. The number of halogens is 2. The molecule has 0 spiro atoms. The molecule has 24 rings (SSSR count). The summed E-state index contributed by atoms with van der Waals surface area (Å²) in [5, 5.41) is 10.1. The molecule has 0 N–H and O–H groups in total. The normalized spacial score (nSPS) is 18.4. The fourth-order valence-corrected chi connectivity index (χ4v) is 25.7. The fourth-order valence-electron chi connectivity index (χ4n) is 25.0. The van der Waals surface area contributed by atoms with Crippen LogP contribution in [0.1, 0.15) is 211 Å². The van der Waals surface area contributed by atoms with Crippen LogP contribution in [0.4, 0.5) is 0 Å². The zero-order valence-corrected chi connectivity index (χ0v) is 86.0. The van der Waals surface area contributed by atoms with Gasteiger partial charge in [0.15, 0.2) is 0 Å². The van der Waals surface area contributed by atoms with Gasteiger partial charge in [-0.05, 0) is 276 Å². The summed E-state index contributed by atoms with van der Waals surface area (Å²) in [5.41, 5.74) is 37.1. The monoisotopic (exact) mass is 2020 g/mol. The Morgan fingerprint density at radius 3 is 0.667 bits per heavy atom. The van der Waals surface area contributed by atoms with Gasteiger partial charge in [0.05, 0.1) is 50.0 Å². The van der Waals surface area contributed by atoms with Crippen LogP contribution in [0.25, 0.3) is 182 Å². The maximum Gasteiger partial charge on any atom is 3.00 e. The third kappa shape index (κ3) is 11.1.